The summed E-state index contributed by atoms with van der Waals surface area (Å²) in [5, 5.41) is 7.89. The summed E-state index contributed by atoms with van der Waals surface area (Å²) in [6, 6.07) is 5.82. The van der Waals surface area contributed by atoms with Gasteiger partial charge in [-0.2, -0.15) is 0 Å². The van der Waals surface area contributed by atoms with Crippen molar-refractivity contribution in [2.45, 2.75) is 6.92 Å². The molecule has 0 atom stereocenters. The molecule has 0 saturated carbocycles. The number of hydrogen-bond acceptors (Lipinski definition) is 3. The lowest BCUT2D eigenvalue weighted by Crippen LogP contribution is -1.98. The van der Waals surface area contributed by atoms with Crippen molar-refractivity contribution in [2.24, 2.45) is 7.05 Å². The summed E-state index contributed by atoms with van der Waals surface area (Å²) >= 11 is 3.38. The molecule has 0 bridgehead atoms. The van der Waals surface area contributed by atoms with Crippen LogP contribution in [0.15, 0.2) is 22.8 Å². The standard InChI is InChI=1S/C10H11BrN4/c1-6-7(4-3-5-8(6)12)9-10(11)13-14-15(9)2/h3-5H,12H2,1-2H3. The second-order valence-corrected chi connectivity index (χ2v) is 4.12. The van der Waals surface area contributed by atoms with E-state index in [4.69, 9.17) is 5.73 Å². The summed E-state index contributed by atoms with van der Waals surface area (Å²) in [5.74, 6) is 0. The molecule has 2 rings (SSSR count). The molecule has 0 radical (unpaired) electrons. The van der Waals surface area contributed by atoms with Crippen LogP contribution in [0.3, 0.4) is 0 Å². The zero-order chi connectivity index (χ0) is 11.0. The highest BCUT2D eigenvalue weighted by Gasteiger charge is 2.13. The molecule has 5 heteroatoms. The predicted octanol–water partition coefficient (Wildman–Crippen LogP) is 2.14. The Bertz CT molecular complexity index is 485. The fraction of sp³-hybridized carbons (Fsp3) is 0.200. The normalized spacial score (nSPS) is 10.6. The lowest BCUT2D eigenvalue weighted by Gasteiger charge is -2.08. The van der Waals surface area contributed by atoms with Gasteiger partial charge >= 0.3 is 0 Å². The van der Waals surface area contributed by atoms with Crippen LogP contribution in [-0.4, -0.2) is 15.0 Å². The Morgan fingerprint density at radius 3 is 2.73 bits per heavy atom. The fourth-order valence-electron chi connectivity index (χ4n) is 1.53. The van der Waals surface area contributed by atoms with Crippen molar-refractivity contribution in [2.75, 3.05) is 5.73 Å². The van der Waals surface area contributed by atoms with E-state index in [1.165, 1.54) is 0 Å². The van der Waals surface area contributed by atoms with Crippen molar-refractivity contribution in [3.8, 4) is 11.3 Å². The minimum absolute atomic E-state index is 0.735. The van der Waals surface area contributed by atoms with Gasteiger partial charge in [-0.15, -0.1) is 5.10 Å². The summed E-state index contributed by atoms with van der Waals surface area (Å²) in [7, 11) is 1.86. The average Bonchev–Trinajstić information content (AvgIpc) is 2.52. The molecule has 0 spiro atoms. The maximum Gasteiger partial charge on any atom is 0.156 e. The van der Waals surface area contributed by atoms with E-state index in [2.05, 4.69) is 26.2 Å². The average molecular weight is 267 g/mol. The van der Waals surface area contributed by atoms with Crippen LogP contribution in [0.4, 0.5) is 5.69 Å². The molecule has 4 nitrogen and oxygen atoms in total. The number of anilines is 1. The van der Waals surface area contributed by atoms with Gasteiger partial charge in [-0.1, -0.05) is 17.3 Å². The van der Waals surface area contributed by atoms with E-state index >= 15 is 0 Å². The van der Waals surface area contributed by atoms with Gasteiger partial charge in [-0.05, 0) is 34.5 Å². The number of nitrogen functional groups attached to an aromatic ring is 1. The number of rotatable bonds is 1. The van der Waals surface area contributed by atoms with Crippen LogP contribution in [-0.2, 0) is 7.05 Å². The number of aromatic nitrogens is 3. The predicted molar refractivity (Wildman–Crippen MR) is 63.3 cm³/mol. The molecule has 0 fully saturated rings. The second-order valence-electron chi connectivity index (χ2n) is 3.37. The number of nitrogens with zero attached hydrogens (tertiary/aromatic N) is 3. The molecule has 0 aliphatic carbocycles. The van der Waals surface area contributed by atoms with Crippen molar-refractivity contribution in [1.82, 2.24) is 15.0 Å². The summed E-state index contributed by atoms with van der Waals surface area (Å²) < 4.78 is 2.46. The van der Waals surface area contributed by atoms with Crippen molar-refractivity contribution < 1.29 is 0 Å². The minimum atomic E-state index is 0.735. The van der Waals surface area contributed by atoms with E-state index in [-0.39, 0.29) is 0 Å². The van der Waals surface area contributed by atoms with Crippen LogP contribution in [0.25, 0.3) is 11.3 Å². The zero-order valence-electron chi connectivity index (χ0n) is 8.53. The Balaban J connectivity index is 2.69. The van der Waals surface area contributed by atoms with E-state index in [9.17, 15) is 0 Å². The van der Waals surface area contributed by atoms with Crippen LogP contribution in [0.5, 0.6) is 0 Å². The van der Waals surface area contributed by atoms with Crippen LogP contribution < -0.4 is 5.73 Å². The minimum Gasteiger partial charge on any atom is -0.398 e. The molecule has 1 aromatic heterocycles. The maximum absolute atomic E-state index is 5.86. The molecule has 1 heterocycles. The first-order valence-corrected chi connectivity index (χ1v) is 5.31. The van der Waals surface area contributed by atoms with Gasteiger partial charge in [0, 0.05) is 18.3 Å². The zero-order valence-corrected chi connectivity index (χ0v) is 10.1. The third-order valence-corrected chi connectivity index (χ3v) is 2.95. The summed E-state index contributed by atoms with van der Waals surface area (Å²) in [6.45, 7) is 1.99. The lowest BCUT2D eigenvalue weighted by atomic mass is 10.0. The van der Waals surface area contributed by atoms with Crippen LogP contribution in [0.2, 0.25) is 0 Å². The molecular formula is C10H11BrN4. The number of benzene rings is 1. The van der Waals surface area contributed by atoms with Gasteiger partial charge < -0.3 is 5.73 Å². The monoisotopic (exact) mass is 266 g/mol. The smallest absolute Gasteiger partial charge is 0.156 e. The lowest BCUT2D eigenvalue weighted by molar-refractivity contribution is 0.720. The van der Waals surface area contributed by atoms with E-state index in [0.717, 1.165) is 27.1 Å². The maximum atomic E-state index is 5.86. The number of hydrogen-bond donors (Lipinski definition) is 1. The first-order valence-electron chi connectivity index (χ1n) is 4.52. The molecule has 0 aliphatic heterocycles. The molecule has 78 valence electrons. The van der Waals surface area contributed by atoms with Gasteiger partial charge in [0.1, 0.15) is 5.69 Å². The molecule has 0 unspecified atom stereocenters. The Kier molecular flexibility index (Phi) is 2.48. The van der Waals surface area contributed by atoms with Crippen molar-refractivity contribution in [1.29, 1.82) is 0 Å². The Hall–Kier alpha value is -1.36. The van der Waals surface area contributed by atoms with E-state index in [1.54, 1.807) is 4.68 Å². The van der Waals surface area contributed by atoms with Crippen LogP contribution in [0.1, 0.15) is 5.56 Å². The SMILES string of the molecule is Cc1c(N)cccc1-c1c(Br)nnn1C. The molecule has 2 N–H and O–H groups in total. The largest absolute Gasteiger partial charge is 0.398 e. The van der Waals surface area contributed by atoms with Gasteiger partial charge in [-0.3, -0.25) is 0 Å². The third kappa shape index (κ3) is 1.63. The van der Waals surface area contributed by atoms with Gasteiger partial charge in [0.05, 0.1) is 0 Å². The fourth-order valence-corrected chi connectivity index (χ4v) is 2.07. The molecule has 0 amide bonds. The number of nitrogens with two attached hydrogens (primary N) is 1. The van der Waals surface area contributed by atoms with Crippen LogP contribution in [0, 0.1) is 6.92 Å². The van der Waals surface area contributed by atoms with E-state index < -0.39 is 0 Å². The Morgan fingerprint density at radius 1 is 1.40 bits per heavy atom. The molecular weight excluding hydrogens is 256 g/mol. The number of halogens is 1. The van der Waals surface area contributed by atoms with Gasteiger partial charge in [0.25, 0.3) is 0 Å². The number of aryl methyl sites for hydroxylation is 1. The highest BCUT2D eigenvalue weighted by molar-refractivity contribution is 9.10. The van der Waals surface area contributed by atoms with Gasteiger partial charge in [0.2, 0.25) is 0 Å². The second kappa shape index (κ2) is 3.66. The molecule has 1 aromatic carbocycles. The Morgan fingerprint density at radius 2 is 2.13 bits per heavy atom. The highest BCUT2D eigenvalue weighted by atomic mass is 79.9. The van der Waals surface area contributed by atoms with Crippen LogP contribution >= 0.6 is 15.9 Å². The van der Waals surface area contributed by atoms with E-state index in [1.807, 2.05) is 32.2 Å². The van der Waals surface area contributed by atoms with Gasteiger partial charge in [0.15, 0.2) is 4.60 Å². The first kappa shape index (κ1) is 10.2. The van der Waals surface area contributed by atoms with Crippen molar-refractivity contribution in [3.63, 3.8) is 0 Å². The van der Waals surface area contributed by atoms with Crippen molar-refractivity contribution in [3.05, 3.63) is 28.4 Å². The Labute approximate surface area is 96.2 Å². The molecule has 2 aromatic rings. The first-order chi connectivity index (χ1) is 7.11. The topological polar surface area (TPSA) is 56.7 Å². The highest BCUT2D eigenvalue weighted by Crippen LogP contribution is 2.30. The van der Waals surface area contributed by atoms with Gasteiger partial charge in [-0.25, -0.2) is 4.68 Å². The summed E-state index contributed by atoms with van der Waals surface area (Å²) in [4.78, 5) is 0. The summed E-state index contributed by atoms with van der Waals surface area (Å²) in [5.41, 5.74) is 9.68. The molecule has 15 heavy (non-hydrogen) atoms. The molecule has 0 aliphatic rings. The third-order valence-electron chi connectivity index (χ3n) is 2.42. The summed E-state index contributed by atoms with van der Waals surface area (Å²) in [6.07, 6.45) is 0. The van der Waals surface area contributed by atoms with E-state index in [0.29, 0.717) is 0 Å². The quantitative estimate of drug-likeness (QED) is 0.805. The van der Waals surface area contributed by atoms with Crippen molar-refractivity contribution >= 4 is 21.6 Å². The molecule has 0 saturated heterocycles.